The molecule has 0 saturated heterocycles. The molecule has 5 heteroatoms. The highest BCUT2D eigenvalue weighted by Crippen LogP contribution is 2.26. The Hall–Kier alpha value is -1.17. The first kappa shape index (κ1) is 16.2. The Balaban J connectivity index is 2.33. The number of rotatable bonds is 4. The predicted octanol–water partition coefficient (Wildman–Crippen LogP) is 3.54. The maximum Gasteiger partial charge on any atom is 0.181 e. The molecule has 0 aromatic heterocycles. The van der Waals surface area contributed by atoms with E-state index in [2.05, 4.69) is 15.9 Å². The van der Waals surface area contributed by atoms with Gasteiger partial charge in [-0.25, -0.2) is 8.42 Å². The molecule has 2 rings (SSSR count). The lowest BCUT2D eigenvalue weighted by molar-refractivity contribution is 0.588. The zero-order valence-electron chi connectivity index (χ0n) is 12.0. The second-order valence-electron chi connectivity index (χ2n) is 5.18. The Morgan fingerprint density at radius 2 is 1.81 bits per heavy atom. The minimum absolute atomic E-state index is 0.111. The molecule has 0 bridgehead atoms. The van der Waals surface area contributed by atoms with Gasteiger partial charge in [-0.2, -0.15) is 0 Å². The molecule has 2 aromatic carbocycles. The smallest absolute Gasteiger partial charge is 0.181 e. The van der Waals surface area contributed by atoms with E-state index in [1.807, 2.05) is 32.0 Å². The quantitative estimate of drug-likeness (QED) is 0.898. The average Bonchev–Trinajstić information content (AvgIpc) is 2.41. The zero-order valence-corrected chi connectivity index (χ0v) is 14.4. The third-order valence-electron chi connectivity index (χ3n) is 3.40. The second kappa shape index (κ2) is 6.30. The second-order valence-corrected chi connectivity index (χ2v) is 8.04. The molecule has 0 aliphatic heterocycles. The molecule has 112 valence electrons. The summed E-state index contributed by atoms with van der Waals surface area (Å²) < 4.78 is 25.6. The van der Waals surface area contributed by atoms with E-state index in [1.54, 1.807) is 24.3 Å². The van der Waals surface area contributed by atoms with Crippen LogP contribution in [0.2, 0.25) is 0 Å². The first-order valence-electron chi connectivity index (χ1n) is 6.61. The van der Waals surface area contributed by atoms with E-state index in [-0.39, 0.29) is 10.6 Å². The van der Waals surface area contributed by atoms with Crippen molar-refractivity contribution in [3.8, 4) is 0 Å². The summed E-state index contributed by atoms with van der Waals surface area (Å²) in [5.74, 6) is -0.111. The van der Waals surface area contributed by atoms with Gasteiger partial charge in [0.05, 0.1) is 10.6 Å². The highest BCUT2D eigenvalue weighted by molar-refractivity contribution is 9.10. The van der Waals surface area contributed by atoms with Gasteiger partial charge in [-0.05, 0) is 53.0 Å². The number of hydrogen-bond acceptors (Lipinski definition) is 3. The van der Waals surface area contributed by atoms with Crippen LogP contribution in [-0.2, 0) is 9.84 Å². The fourth-order valence-electron chi connectivity index (χ4n) is 2.27. The average molecular weight is 368 g/mol. The van der Waals surface area contributed by atoms with E-state index in [0.717, 1.165) is 16.7 Å². The Morgan fingerprint density at radius 3 is 2.48 bits per heavy atom. The highest BCUT2D eigenvalue weighted by Gasteiger charge is 2.22. The molecule has 0 aliphatic carbocycles. The van der Waals surface area contributed by atoms with E-state index in [1.165, 1.54) is 0 Å². The molecular weight excluding hydrogens is 350 g/mol. The third kappa shape index (κ3) is 3.73. The SMILES string of the molecule is Cc1ccc(C)c(C(N)CS(=O)(=O)c2ccccc2Br)c1. The summed E-state index contributed by atoms with van der Waals surface area (Å²) in [6.45, 7) is 3.91. The van der Waals surface area contributed by atoms with Gasteiger partial charge < -0.3 is 5.73 Å². The van der Waals surface area contributed by atoms with Crippen molar-refractivity contribution in [2.45, 2.75) is 24.8 Å². The Labute approximate surface area is 134 Å². The molecule has 0 aliphatic rings. The monoisotopic (exact) mass is 367 g/mol. The van der Waals surface area contributed by atoms with Gasteiger partial charge in [-0.1, -0.05) is 35.9 Å². The number of nitrogens with two attached hydrogens (primary N) is 1. The van der Waals surface area contributed by atoms with Crippen LogP contribution in [0.25, 0.3) is 0 Å². The van der Waals surface area contributed by atoms with Crippen LogP contribution in [0.15, 0.2) is 51.8 Å². The predicted molar refractivity (Wildman–Crippen MR) is 89.0 cm³/mol. The van der Waals surface area contributed by atoms with E-state index in [0.29, 0.717) is 4.47 Å². The maximum absolute atomic E-state index is 12.5. The molecule has 21 heavy (non-hydrogen) atoms. The molecular formula is C16H18BrNO2S. The summed E-state index contributed by atoms with van der Waals surface area (Å²) in [4.78, 5) is 0.283. The van der Waals surface area contributed by atoms with Crippen molar-refractivity contribution in [3.63, 3.8) is 0 Å². The zero-order chi connectivity index (χ0) is 15.6. The van der Waals surface area contributed by atoms with Gasteiger partial charge in [0.25, 0.3) is 0 Å². The molecule has 0 saturated carbocycles. The summed E-state index contributed by atoms with van der Waals surface area (Å²) in [5.41, 5.74) is 9.11. The number of halogens is 1. The van der Waals surface area contributed by atoms with E-state index in [9.17, 15) is 8.42 Å². The fraction of sp³-hybridized carbons (Fsp3) is 0.250. The van der Waals surface area contributed by atoms with Crippen LogP contribution in [0.5, 0.6) is 0 Å². The Kier molecular flexibility index (Phi) is 4.86. The van der Waals surface area contributed by atoms with Crippen LogP contribution >= 0.6 is 15.9 Å². The molecule has 0 radical (unpaired) electrons. The molecule has 0 heterocycles. The standard InChI is InChI=1S/C16H18BrNO2S/c1-11-7-8-12(2)13(9-11)15(18)10-21(19,20)16-6-4-3-5-14(16)17/h3-9,15H,10,18H2,1-2H3. The summed E-state index contributed by atoms with van der Waals surface area (Å²) in [6.07, 6.45) is 0. The minimum Gasteiger partial charge on any atom is -0.323 e. The lowest BCUT2D eigenvalue weighted by Crippen LogP contribution is -2.23. The van der Waals surface area contributed by atoms with Gasteiger partial charge in [0.15, 0.2) is 9.84 Å². The Morgan fingerprint density at radius 1 is 1.14 bits per heavy atom. The molecule has 0 amide bonds. The van der Waals surface area contributed by atoms with Gasteiger partial charge in [0.2, 0.25) is 0 Å². The van der Waals surface area contributed by atoms with Crippen molar-refractivity contribution >= 4 is 25.8 Å². The van der Waals surface area contributed by atoms with Crippen LogP contribution in [-0.4, -0.2) is 14.2 Å². The van der Waals surface area contributed by atoms with E-state index >= 15 is 0 Å². The van der Waals surface area contributed by atoms with Gasteiger partial charge in [0.1, 0.15) is 0 Å². The summed E-state index contributed by atoms with van der Waals surface area (Å²) in [6, 6.07) is 12.2. The van der Waals surface area contributed by atoms with Crippen molar-refractivity contribution in [2.24, 2.45) is 5.73 Å². The molecule has 0 spiro atoms. The number of hydrogen-bond donors (Lipinski definition) is 1. The molecule has 3 nitrogen and oxygen atoms in total. The lowest BCUT2D eigenvalue weighted by atomic mass is 10.0. The Bertz CT molecular complexity index is 757. The van der Waals surface area contributed by atoms with Crippen LogP contribution < -0.4 is 5.73 Å². The molecule has 1 unspecified atom stereocenters. The van der Waals surface area contributed by atoms with Crippen molar-refractivity contribution in [1.29, 1.82) is 0 Å². The highest BCUT2D eigenvalue weighted by atomic mass is 79.9. The molecule has 2 aromatic rings. The van der Waals surface area contributed by atoms with Crippen LogP contribution in [0, 0.1) is 13.8 Å². The topological polar surface area (TPSA) is 60.2 Å². The largest absolute Gasteiger partial charge is 0.323 e. The first-order valence-corrected chi connectivity index (χ1v) is 9.06. The van der Waals surface area contributed by atoms with Gasteiger partial charge in [-0.15, -0.1) is 0 Å². The van der Waals surface area contributed by atoms with E-state index < -0.39 is 15.9 Å². The maximum atomic E-state index is 12.5. The third-order valence-corrected chi connectivity index (χ3v) is 6.18. The van der Waals surface area contributed by atoms with Crippen LogP contribution in [0.3, 0.4) is 0 Å². The molecule has 0 fully saturated rings. The summed E-state index contributed by atoms with van der Waals surface area (Å²) >= 11 is 3.28. The van der Waals surface area contributed by atoms with Gasteiger partial charge in [0, 0.05) is 10.5 Å². The van der Waals surface area contributed by atoms with Crippen LogP contribution in [0.4, 0.5) is 0 Å². The van der Waals surface area contributed by atoms with E-state index in [4.69, 9.17) is 5.73 Å². The fourth-order valence-corrected chi connectivity index (χ4v) is 4.78. The van der Waals surface area contributed by atoms with Crippen molar-refractivity contribution < 1.29 is 8.42 Å². The van der Waals surface area contributed by atoms with Crippen molar-refractivity contribution in [3.05, 3.63) is 63.6 Å². The summed E-state index contributed by atoms with van der Waals surface area (Å²) in [5, 5.41) is 0. The molecule has 2 N–H and O–H groups in total. The van der Waals surface area contributed by atoms with Gasteiger partial charge >= 0.3 is 0 Å². The van der Waals surface area contributed by atoms with Crippen LogP contribution in [0.1, 0.15) is 22.7 Å². The minimum atomic E-state index is -3.44. The van der Waals surface area contributed by atoms with Crippen molar-refractivity contribution in [2.75, 3.05) is 5.75 Å². The molecule has 1 atom stereocenters. The normalized spacial score (nSPS) is 13.1. The number of benzene rings is 2. The number of aryl methyl sites for hydroxylation is 2. The summed E-state index contributed by atoms with van der Waals surface area (Å²) in [7, 11) is -3.44. The van der Waals surface area contributed by atoms with Crippen molar-refractivity contribution in [1.82, 2.24) is 0 Å². The van der Waals surface area contributed by atoms with Gasteiger partial charge in [-0.3, -0.25) is 0 Å². The first-order chi connectivity index (χ1) is 9.81. The lowest BCUT2D eigenvalue weighted by Gasteiger charge is -2.16. The number of sulfone groups is 1.